The molecule has 1 saturated carbocycles. The predicted molar refractivity (Wildman–Crippen MR) is 66.5 cm³/mol. The average Bonchev–Trinajstić information content (AvgIpc) is 3.02. The van der Waals surface area contributed by atoms with Gasteiger partial charge in [-0.2, -0.15) is 5.10 Å². The van der Waals surface area contributed by atoms with Crippen LogP contribution in [0, 0.1) is 18.8 Å². The van der Waals surface area contributed by atoms with Crippen molar-refractivity contribution in [3.05, 3.63) is 16.4 Å². The Balaban J connectivity index is 1.84. The zero-order chi connectivity index (χ0) is 11.7. The van der Waals surface area contributed by atoms with Gasteiger partial charge in [-0.25, -0.2) is 0 Å². The smallest absolute Gasteiger partial charge is 0.131 e. The van der Waals surface area contributed by atoms with E-state index in [9.17, 15) is 0 Å². The summed E-state index contributed by atoms with van der Waals surface area (Å²) in [6.07, 6.45) is 2.82. The second-order valence-electron chi connectivity index (χ2n) is 4.92. The SMILES string of the molecule is Cc1nn(C)c(Cl)c1CNCC(C)C1CC1. The summed E-state index contributed by atoms with van der Waals surface area (Å²) in [7, 11) is 1.88. The Labute approximate surface area is 102 Å². The third kappa shape index (κ3) is 2.58. The van der Waals surface area contributed by atoms with Gasteiger partial charge in [0.1, 0.15) is 5.15 Å². The van der Waals surface area contributed by atoms with E-state index in [0.29, 0.717) is 0 Å². The van der Waals surface area contributed by atoms with Crippen molar-refractivity contribution in [1.82, 2.24) is 15.1 Å². The number of hydrogen-bond acceptors (Lipinski definition) is 2. The largest absolute Gasteiger partial charge is 0.312 e. The summed E-state index contributed by atoms with van der Waals surface area (Å²) >= 11 is 6.16. The van der Waals surface area contributed by atoms with Crippen molar-refractivity contribution >= 4 is 11.6 Å². The molecule has 16 heavy (non-hydrogen) atoms. The minimum atomic E-state index is 0.754. The molecule has 1 heterocycles. The molecule has 0 aromatic carbocycles. The standard InChI is InChI=1S/C12H20ClN3/c1-8(10-4-5-10)6-14-7-11-9(2)15-16(3)12(11)13/h8,10,14H,4-7H2,1-3H3. The summed E-state index contributed by atoms with van der Waals surface area (Å²) in [5, 5.41) is 8.53. The van der Waals surface area contributed by atoms with Crippen molar-refractivity contribution in [3.8, 4) is 0 Å². The van der Waals surface area contributed by atoms with Crippen LogP contribution in [0.4, 0.5) is 0 Å². The van der Waals surface area contributed by atoms with Crippen molar-refractivity contribution in [2.75, 3.05) is 6.54 Å². The lowest BCUT2D eigenvalue weighted by Gasteiger charge is -2.11. The first-order chi connectivity index (χ1) is 7.59. The fraction of sp³-hybridized carbons (Fsp3) is 0.750. The van der Waals surface area contributed by atoms with Crippen LogP contribution in [0.1, 0.15) is 31.0 Å². The molecule has 0 radical (unpaired) electrons. The van der Waals surface area contributed by atoms with E-state index < -0.39 is 0 Å². The maximum Gasteiger partial charge on any atom is 0.131 e. The zero-order valence-corrected chi connectivity index (χ0v) is 11.0. The summed E-state index contributed by atoms with van der Waals surface area (Å²) in [4.78, 5) is 0. The van der Waals surface area contributed by atoms with Gasteiger partial charge in [-0.15, -0.1) is 0 Å². The van der Waals surface area contributed by atoms with E-state index in [2.05, 4.69) is 17.3 Å². The molecule has 1 N–H and O–H groups in total. The highest BCUT2D eigenvalue weighted by Crippen LogP contribution is 2.36. The van der Waals surface area contributed by atoms with E-state index >= 15 is 0 Å². The highest BCUT2D eigenvalue weighted by molar-refractivity contribution is 6.30. The maximum atomic E-state index is 6.16. The first kappa shape index (κ1) is 11.9. The van der Waals surface area contributed by atoms with E-state index in [1.165, 1.54) is 12.8 Å². The quantitative estimate of drug-likeness (QED) is 0.859. The molecular weight excluding hydrogens is 222 g/mol. The molecule has 1 aromatic rings. The molecule has 3 nitrogen and oxygen atoms in total. The van der Waals surface area contributed by atoms with Gasteiger partial charge < -0.3 is 5.32 Å². The second-order valence-corrected chi connectivity index (χ2v) is 5.28. The first-order valence-corrected chi connectivity index (χ1v) is 6.36. The minimum Gasteiger partial charge on any atom is -0.312 e. The number of hydrogen-bond donors (Lipinski definition) is 1. The molecule has 1 atom stereocenters. The Morgan fingerprint density at radius 3 is 2.75 bits per heavy atom. The van der Waals surface area contributed by atoms with Gasteiger partial charge in [-0.3, -0.25) is 4.68 Å². The molecule has 1 aliphatic rings. The molecule has 1 aliphatic carbocycles. The lowest BCUT2D eigenvalue weighted by molar-refractivity contribution is 0.461. The summed E-state index contributed by atoms with van der Waals surface area (Å²) in [5.41, 5.74) is 2.16. The Hall–Kier alpha value is -0.540. The lowest BCUT2D eigenvalue weighted by atomic mass is 10.1. The van der Waals surface area contributed by atoms with Crippen molar-refractivity contribution in [3.63, 3.8) is 0 Å². The van der Waals surface area contributed by atoms with E-state index in [4.69, 9.17) is 11.6 Å². The zero-order valence-electron chi connectivity index (χ0n) is 10.3. The van der Waals surface area contributed by atoms with Gasteiger partial charge in [-0.1, -0.05) is 18.5 Å². The topological polar surface area (TPSA) is 29.9 Å². The molecule has 0 amide bonds. The molecule has 1 unspecified atom stereocenters. The van der Waals surface area contributed by atoms with Crippen LogP contribution in [0.2, 0.25) is 5.15 Å². The minimum absolute atomic E-state index is 0.754. The third-order valence-electron chi connectivity index (χ3n) is 3.46. The molecule has 1 aromatic heterocycles. The molecule has 90 valence electrons. The Bertz CT molecular complexity index is 369. The molecule has 2 rings (SSSR count). The Morgan fingerprint density at radius 2 is 2.25 bits per heavy atom. The molecule has 1 fully saturated rings. The van der Waals surface area contributed by atoms with E-state index in [1.54, 1.807) is 4.68 Å². The summed E-state index contributed by atoms with van der Waals surface area (Å²) < 4.78 is 1.73. The summed E-state index contributed by atoms with van der Waals surface area (Å²) in [6, 6.07) is 0. The van der Waals surface area contributed by atoms with Gasteiger partial charge in [-0.05, 0) is 38.1 Å². The van der Waals surface area contributed by atoms with Gasteiger partial charge in [0.2, 0.25) is 0 Å². The number of nitrogens with one attached hydrogen (secondary N) is 1. The van der Waals surface area contributed by atoms with Crippen LogP contribution < -0.4 is 5.32 Å². The van der Waals surface area contributed by atoms with Gasteiger partial charge >= 0.3 is 0 Å². The maximum absolute atomic E-state index is 6.16. The van der Waals surface area contributed by atoms with Gasteiger partial charge in [0.25, 0.3) is 0 Å². The normalized spacial score (nSPS) is 17.8. The number of rotatable bonds is 5. The molecule has 0 saturated heterocycles. The van der Waals surface area contributed by atoms with Gasteiger partial charge in [0.15, 0.2) is 0 Å². The van der Waals surface area contributed by atoms with Gasteiger partial charge in [0, 0.05) is 19.2 Å². The highest BCUT2D eigenvalue weighted by atomic mass is 35.5. The number of aryl methyl sites for hydroxylation is 2. The molecule has 0 spiro atoms. The number of aromatic nitrogens is 2. The van der Waals surface area contributed by atoms with Crippen molar-refractivity contribution < 1.29 is 0 Å². The number of nitrogens with zero attached hydrogens (tertiary/aromatic N) is 2. The third-order valence-corrected chi connectivity index (χ3v) is 3.94. The van der Waals surface area contributed by atoms with Crippen molar-refractivity contribution in [2.24, 2.45) is 18.9 Å². The van der Waals surface area contributed by atoms with Crippen LogP contribution in [-0.4, -0.2) is 16.3 Å². The molecule has 4 heteroatoms. The van der Waals surface area contributed by atoms with Crippen molar-refractivity contribution in [1.29, 1.82) is 0 Å². The number of halogens is 1. The van der Waals surface area contributed by atoms with Crippen LogP contribution in [0.3, 0.4) is 0 Å². The van der Waals surface area contributed by atoms with E-state index in [0.717, 1.165) is 41.3 Å². The monoisotopic (exact) mass is 241 g/mol. The highest BCUT2D eigenvalue weighted by Gasteiger charge is 2.27. The fourth-order valence-electron chi connectivity index (χ4n) is 2.13. The Kier molecular flexibility index (Phi) is 3.55. The molecule has 0 bridgehead atoms. The fourth-order valence-corrected chi connectivity index (χ4v) is 2.37. The van der Waals surface area contributed by atoms with E-state index in [-0.39, 0.29) is 0 Å². The second kappa shape index (κ2) is 4.76. The summed E-state index contributed by atoms with van der Waals surface area (Å²) in [6.45, 7) is 6.24. The van der Waals surface area contributed by atoms with Crippen LogP contribution in [0.25, 0.3) is 0 Å². The van der Waals surface area contributed by atoms with Crippen LogP contribution >= 0.6 is 11.6 Å². The summed E-state index contributed by atoms with van der Waals surface area (Å²) in [5.74, 6) is 1.74. The van der Waals surface area contributed by atoms with Crippen molar-refractivity contribution in [2.45, 2.75) is 33.2 Å². The molecule has 0 aliphatic heterocycles. The Morgan fingerprint density at radius 1 is 1.56 bits per heavy atom. The first-order valence-electron chi connectivity index (χ1n) is 5.98. The van der Waals surface area contributed by atoms with Crippen LogP contribution in [0.5, 0.6) is 0 Å². The lowest BCUT2D eigenvalue weighted by Crippen LogP contribution is -2.22. The van der Waals surface area contributed by atoms with Crippen LogP contribution in [0.15, 0.2) is 0 Å². The molecular formula is C12H20ClN3. The van der Waals surface area contributed by atoms with Gasteiger partial charge in [0.05, 0.1) is 5.69 Å². The average molecular weight is 242 g/mol. The van der Waals surface area contributed by atoms with Crippen LogP contribution in [-0.2, 0) is 13.6 Å². The predicted octanol–water partition coefficient (Wildman–Crippen LogP) is 2.52. The van der Waals surface area contributed by atoms with E-state index in [1.807, 2.05) is 14.0 Å².